The van der Waals surface area contributed by atoms with Crippen LogP contribution in [-0.2, 0) is 0 Å². The monoisotopic (exact) mass is 252 g/mol. The van der Waals surface area contributed by atoms with E-state index in [0.717, 1.165) is 5.56 Å². The van der Waals surface area contributed by atoms with Gasteiger partial charge in [0.1, 0.15) is 0 Å². The number of hydrogen-bond donors (Lipinski definition) is 1. The van der Waals surface area contributed by atoms with Gasteiger partial charge < -0.3 is 5.11 Å². The van der Waals surface area contributed by atoms with Crippen LogP contribution >= 0.6 is 0 Å². The number of carboxylic acid groups (broad SMARTS) is 1. The first-order valence-corrected chi connectivity index (χ1v) is 6.68. The van der Waals surface area contributed by atoms with Crippen molar-refractivity contribution in [3.63, 3.8) is 0 Å². The van der Waals surface area contributed by atoms with Crippen molar-refractivity contribution in [1.29, 1.82) is 0 Å². The SMILES string of the molecule is O=C(O)c1ccc(-c2ccccc2C2CCC2)cc1. The van der Waals surface area contributed by atoms with Crippen LogP contribution in [0.25, 0.3) is 11.1 Å². The minimum Gasteiger partial charge on any atom is -0.478 e. The average molecular weight is 252 g/mol. The third-order valence-electron chi connectivity index (χ3n) is 3.95. The van der Waals surface area contributed by atoms with Crippen molar-refractivity contribution in [2.24, 2.45) is 0 Å². The Hall–Kier alpha value is -2.09. The first-order chi connectivity index (χ1) is 9.25. The number of aromatic carboxylic acids is 1. The molecule has 2 nitrogen and oxygen atoms in total. The molecule has 1 aliphatic rings. The summed E-state index contributed by atoms with van der Waals surface area (Å²) < 4.78 is 0. The molecule has 2 heteroatoms. The number of carboxylic acids is 1. The van der Waals surface area contributed by atoms with E-state index < -0.39 is 5.97 Å². The molecule has 1 N–H and O–H groups in total. The Morgan fingerprint density at radius 1 is 1.00 bits per heavy atom. The van der Waals surface area contributed by atoms with Crippen LogP contribution in [0.3, 0.4) is 0 Å². The molecule has 0 saturated heterocycles. The van der Waals surface area contributed by atoms with Crippen LogP contribution in [-0.4, -0.2) is 11.1 Å². The lowest BCUT2D eigenvalue weighted by molar-refractivity contribution is 0.0697. The van der Waals surface area contributed by atoms with Gasteiger partial charge in [-0.25, -0.2) is 4.79 Å². The number of benzene rings is 2. The fourth-order valence-electron chi connectivity index (χ4n) is 2.63. The van der Waals surface area contributed by atoms with Crippen molar-refractivity contribution in [2.45, 2.75) is 25.2 Å². The Kier molecular flexibility index (Phi) is 3.08. The van der Waals surface area contributed by atoms with E-state index in [-0.39, 0.29) is 0 Å². The summed E-state index contributed by atoms with van der Waals surface area (Å²) in [5, 5.41) is 8.94. The van der Waals surface area contributed by atoms with E-state index in [0.29, 0.717) is 11.5 Å². The van der Waals surface area contributed by atoms with Crippen LogP contribution in [0.2, 0.25) is 0 Å². The van der Waals surface area contributed by atoms with Gasteiger partial charge in [0.2, 0.25) is 0 Å². The normalized spacial score (nSPS) is 14.9. The molecular formula is C17H16O2. The third kappa shape index (κ3) is 2.26. The van der Waals surface area contributed by atoms with E-state index in [9.17, 15) is 4.79 Å². The van der Waals surface area contributed by atoms with Crippen molar-refractivity contribution < 1.29 is 9.90 Å². The summed E-state index contributed by atoms with van der Waals surface area (Å²) in [7, 11) is 0. The van der Waals surface area contributed by atoms with Crippen molar-refractivity contribution in [3.8, 4) is 11.1 Å². The second kappa shape index (κ2) is 4.88. The van der Waals surface area contributed by atoms with Gasteiger partial charge in [-0.1, -0.05) is 42.8 Å². The van der Waals surface area contributed by atoms with Gasteiger partial charge in [-0.3, -0.25) is 0 Å². The molecule has 19 heavy (non-hydrogen) atoms. The van der Waals surface area contributed by atoms with Gasteiger partial charge in [-0.05, 0) is 47.6 Å². The number of rotatable bonds is 3. The fourth-order valence-corrected chi connectivity index (χ4v) is 2.63. The van der Waals surface area contributed by atoms with Gasteiger partial charge in [0.05, 0.1) is 5.56 Å². The standard InChI is InChI=1S/C17H16O2/c18-17(19)14-10-8-13(9-11-14)16-7-2-1-6-15(16)12-4-3-5-12/h1-2,6-12H,3-5H2,(H,18,19). The Bertz CT molecular complexity index is 595. The minimum atomic E-state index is -0.876. The molecule has 2 aromatic rings. The van der Waals surface area contributed by atoms with Gasteiger partial charge >= 0.3 is 5.97 Å². The maximum atomic E-state index is 10.9. The largest absolute Gasteiger partial charge is 0.478 e. The average Bonchev–Trinajstić information content (AvgIpc) is 2.37. The summed E-state index contributed by atoms with van der Waals surface area (Å²) in [6.07, 6.45) is 3.85. The highest BCUT2D eigenvalue weighted by Crippen LogP contribution is 2.40. The van der Waals surface area contributed by atoms with E-state index in [1.807, 2.05) is 18.2 Å². The molecule has 1 saturated carbocycles. The van der Waals surface area contributed by atoms with Crippen molar-refractivity contribution in [3.05, 3.63) is 59.7 Å². The third-order valence-corrected chi connectivity index (χ3v) is 3.95. The van der Waals surface area contributed by atoms with Gasteiger partial charge in [-0.2, -0.15) is 0 Å². The van der Waals surface area contributed by atoms with Crippen LogP contribution in [0, 0.1) is 0 Å². The van der Waals surface area contributed by atoms with Crippen molar-refractivity contribution in [1.82, 2.24) is 0 Å². The number of hydrogen-bond acceptors (Lipinski definition) is 1. The zero-order valence-electron chi connectivity index (χ0n) is 10.7. The number of carbonyl (C=O) groups is 1. The summed E-state index contributed by atoms with van der Waals surface area (Å²) >= 11 is 0. The molecule has 3 rings (SSSR count). The molecule has 0 aromatic heterocycles. The van der Waals surface area contributed by atoms with Crippen LogP contribution in [0.4, 0.5) is 0 Å². The summed E-state index contributed by atoms with van der Waals surface area (Å²) in [5.74, 6) is -0.200. The second-order valence-electron chi connectivity index (χ2n) is 5.10. The maximum Gasteiger partial charge on any atom is 0.335 e. The van der Waals surface area contributed by atoms with Crippen LogP contribution in [0.15, 0.2) is 48.5 Å². The molecular weight excluding hydrogens is 236 g/mol. The molecule has 0 spiro atoms. The quantitative estimate of drug-likeness (QED) is 0.883. The van der Waals surface area contributed by atoms with Crippen LogP contribution in [0.5, 0.6) is 0 Å². The molecule has 96 valence electrons. The summed E-state index contributed by atoms with van der Waals surface area (Å²) in [6, 6.07) is 15.6. The fraction of sp³-hybridized carbons (Fsp3) is 0.235. The molecule has 0 radical (unpaired) electrons. The van der Waals surface area contributed by atoms with E-state index in [1.165, 1.54) is 30.4 Å². The van der Waals surface area contributed by atoms with E-state index >= 15 is 0 Å². The van der Waals surface area contributed by atoms with Gasteiger partial charge in [-0.15, -0.1) is 0 Å². The predicted molar refractivity (Wildman–Crippen MR) is 75.4 cm³/mol. The topological polar surface area (TPSA) is 37.3 Å². The van der Waals surface area contributed by atoms with Gasteiger partial charge in [0.15, 0.2) is 0 Å². The molecule has 0 heterocycles. The molecule has 0 atom stereocenters. The second-order valence-corrected chi connectivity index (χ2v) is 5.10. The smallest absolute Gasteiger partial charge is 0.335 e. The van der Waals surface area contributed by atoms with E-state index in [4.69, 9.17) is 5.11 Å². The molecule has 0 amide bonds. The van der Waals surface area contributed by atoms with Crippen LogP contribution < -0.4 is 0 Å². The summed E-state index contributed by atoms with van der Waals surface area (Å²) in [4.78, 5) is 10.9. The zero-order chi connectivity index (χ0) is 13.2. The van der Waals surface area contributed by atoms with E-state index in [1.54, 1.807) is 12.1 Å². The predicted octanol–water partition coefficient (Wildman–Crippen LogP) is 4.32. The van der Waals surface area contributed by atoms with Gasteiger partial charge in [0, 0.05) is 0 Å². The first-order valence-electron chi connectivity index (χ1n) is 6.68. The highest BCUT2D eigenvalue weighted by molar-refractivity contribution is 5.88. The maximum absolute atomic E-state index is 10.9. The highest BCUT2D eigenvalue weighted by Gasteiger charge is 2.22. The molecule has 1 fully saturated rings. The molecule has 2 aromatic carbocycles. The lowest BCUT2D eigenvalue weighted by Crippen LogP contribution is -2.09. The van der Waals surface area contributed by atoms with E-state index in [2.05, 4.69) is 18.2 Å². The highest BCUT2D eigenvalue weighted by atomic mass is 16.4. The Morgan fingerprint density at radius 2 is 1.68 bits per heavy atom. The summed E-state index contributed by atoms with van der Waals surface area (Å²) in [5.41, 5.74) is 4.08. The van der Waals surface area contributed by atoms with Crippen molar-refractivity contribution in [2.75, 3.05) is 0 Å². The Labute approximate surface area is 112 Å². The molecule has 0 unspecified atom stereocenters. The summed E-state index contributed by atoms with van der Waals surface area (Å²) in [6.45, 7) is 0. The zero-order valence-corrected chi connectivity index (χ0v) is 10.7. The molecule has 1 aliphatic carbocycles. The Balaban J connectivity index is 1.99. The van der Waals surface area contributed by atoms with Crippen LogP contribution in [0.1, 0.15) is 41.1 Å². The minimum absolute atomic E-state index is 0.338. The molecule has 0 aliphatic heterocycles. The lowest BCUT2D eigenvalue weighted by atomic mass is 9.77. The first kappa shape index (κ1) is 12.0. The Morgan fingerprint density at radius 3 is 2.26 bits per heavy atom. The lowest BCUT2D eigenvalue weighted by Gasteiger charge is -2.28. The molecule has 0 bridgehead atoms. The van der Waals surface area contributed by atoms with Gasteiger partial charge in [0.25, 0.3) is 0 Å². The van der Waals surface area contributed by atoms with Crippen molar-refractivity contribution >= 4 is 5.97 Å².